The summed E-state index contributed by atoms with van der Waals surface area (Å²) in [5, 5.41) is 8.67. The topological polar surface area (TPSA) is 53.0 Å². The van der Waals surface area contributed by atoms with Crippen LogP contribution in [-0.4, -0.2) is 20.1 Å². The summed E-state index contributed by atoms with van der Waals surface area (Å²) < 4.78 is 13.7. The lowest BCUT2D eigenvalue weighted by atomic mass is 9.93. The SMILES string of the molecule is CN(CC(C)(C)CN)c1ccc(C#N)cc1F. The highest BCUT2D eigenvalue weighted by Gasteiger charge is 2.19. The van der Waals surface area contributed by atoms with Crippen molar-refractivity contribution in [2.75, 3.05) is 25.0 Å². The second kappa shape index (κ2) is 5.15. The summed E-state index contributed by atoms with van der Waals surface area (Å²) in [5.41, 5.74) is 6.40. The van der Waals surface area contributed by atoms with E-state index in [4.69, 9.17) is 11.0 Å². The van der Waals surface area contributed by atoms with Gasteiger partial charge >= 0.3 is 0 Å². The summed E-state index contributed by atoms with van der Waals surface area (Å²) in [6, 6.07) is 6.41. The van der Waals surface area contributed by atoms with Crippen molar-refractivity contribution in [3.8, 4) is 6.07 Å². The molecule has 0 saturated carbocycles. The first-order valence-corrected chi connectivity index (χ1v) is 5.50. The minimum absolute atomic E-state index is 0.0743. The molecule has 3 nitrogen and oxygen atoms in total. The summed E-state index contributed by atoms with van der Waals surface area (Å²) in [6.07, 6.45) is 0. The van der Waals surface area contributed by atoms with Crippen molar-refractivity contribution in [1.82, 2.24) is 0 Å². The highest BCUT2D eigenvalue weighted by Crippen LogP contribution is 2.23. The molecule has 0 spiro atoms. The van der Waals surface area contributed by atoms with Gasteiger partial charge in [0.25, 0.3) is 0 Å². The molecule has 0 aliphatic rings. The van der Waals surface area contributed by atoms with Gasteiger partial charge in [-0.2, -0.15) is 5.26 Å². The first-order valence-electron chi connectivity index (χ1n) is 5.50. The summed E-state index contributed by atoms with van der Waals surface area (Å²) in [7, 11) is 1.82. The van der Waals surface area contributed by atoms with E-state index < -0.39 is 0 Å². The fraction of sp³-hybridized carbons (Fsp3) is 0.462. The first-order chi connectivity index (χ1) is 7.89. The second-order valence-electron chi connectivity index (χ2n) is 5.00. The Morgan fingerprint density at radius 1 is 1.47 bits per heavy atom. The van der Waals surface area contributed by atoms with Gasteiger partial charge in [-0.25, -0.2) is 4.39 Å². The molecule has 0 fully saturated rings. The molecule has 1 rings (SSSR count). The third-order valence-electron chi connectivity index (χ3n) is 2.71. The van der Waals surface area contributed by atoms with Crippen molar-refractivity contribution in [2.24, 2.45) is 11.1 Å². The van der Waals surface area contributed by atoms with Gasteiger partial charge in [0.15, 0.2) is 0 Å². The van der Waals surface area contributed by atoms with Gasteiger partial charge in [-0.3, -0.25) is 0 Å². The molecule has 0 aromatic heterocycles. The van der Waals surface area contributed by atoms with Crippen LogP contribution in [0.4, 0.5) is 10.1 Å². The summed E-state index contributed by atoms with van der Waals surface area (Å²) >= 11 is 0. The zero-order valence-electron chi connectivity index (χ0n) is 10.5. The Balaban J connectivity index is 2.90. The number of hydrogen-bond donors (Lipinski definition) is 1. The van der Waals surface area contributed by atoms with E-state index in [9.17, 15) is 4.39 Å². The Morgan fingerprint density at radius 2 is 2.12 bits per heavy atom. The van der Waals surface area contributed by atoms with E-state index in [-0.39, 0.29) is 11.2 Å². The van der Waals surface area contributed by atoms with E-state index in [0.717, 1.165) is 0 Å². The van der Waals surface area contributed by atoms with Gasteiger partial charge in [-0.15, -0.1) is 0 Å². The van der Waals surface area contributed by atoms with Crippen molar-refractivity contribution in [3.05, 3.63) is 29.6 Å². The average Bonchev–Trinajstić information content (AvgIpc) is 2.28. The molecule has 92 valence electrons. The maximum absolute atomic E-state index is 13.7. The van der Waals surface area contributed by atoms with Crippen molar-refractivity contribution in [2.45, 2.75) is 13.8 Å². The molecule has 0 aliphatic heterocycles. The Hall–Kier alpha value is -1.60. The number of benzene rings is 1. The van der Waals surface area contributed by atoms with Crippen LogP contribution in [0.25, 0.3) is 0 Å². The first kappa shape index (κ1) is 13.5. The van der Waals surface area contributed by atoms with Crippen LogP contribution in [0, 0.1) is 22.6 Å². The van der Waals surface area contributed by atoms with Gasteiger partial charge in [0.1, 0.15) is 5.82 Å². The number of anilines is 1. The maximum atomic E-state index is 13.7. The molecule has 0 unspecified atom stereocenters. The summed E-state index contributed by atoms with van der Waals surface area (Å²) in [5.74, 6) is -0.376. The molecule has 0 amide bonds. The monoisotopic (exact) mass is 235 g/mol. The second-order valence-corrected chi connectivity index (χ2v) is 5.00. The van der Waals surface area contributed by atoms with Gasteiger partial charge in [0.2, 0.25) is 0 Å². The number of nitrogens with zero attached hydrogens (tertiary/aromatic N) is 2. The fourth-order valence-corrected chi connectivity index (χ4v) is 1.68. The summed E-state index contributed by atoms with van der Waals surface area (Å²) in [4.78, 5) is 1.82. The van der Waals surface area contributed by atoms with Crippen molar-refractivity contribution in [1.29, 1.82) is 5.26 Å². The molecule has 4 heteroatoms. The predicted octanol–water partition coefficient (Wildman–Crippen LogP) is 2.12. The lowest BCUT2D eigenvalue weighted by Crippen LogP contribution is -2.37. The van der Waals surface area contributed by atoms with E-state index in [0.29, 0.717) is 24.3 Å². The van der Waals surface area contributed by atoms with Crippen molar-refractivity contribution >= 4 is 5.69 Å². The third-order valence-corrected chi connectivity index (χ3v) is 2.71. The lowest BCUT2D eigenvalue weighted by Gasteiger charge is -2.30. The number of hydrogen-bond acceptors (Lipinski definition) is 3. The smallest absolute Gasteiger partial charge is 0.147 e. The maximum Gasteiger partial charge on any atom is 0.147 e. The highest BCUT2D eigenvalue weighted by atomic mass is 19.1. The van der Waals surface area contributed by atoms with Gasteiger partial charge in [0.05, 0.1) is 17.3 Å². The van der Waals surface area contributed by atoms with E-state index in [2.05, 4.69) is 0 Å². The standard InChI is InChI=1S/C13H18FN3/c1-13(2,8-16)9-17(3)12-5-4-10(7-15)6-11(12)14/h4-6H,8-9,16H2,1-3H3. The molecule has 0 heterocycles. The molecule has 0 bridgehead atoms. The largest absolute Gasteiger partial charge is 0.372 e. The molecule has 0 atom stereocenters. The fourth-order valence-electron chi connectivity index (χ4n) is 1.68. The summed E-state index contributed by atoms with van der Waals surface area (Å²) in [6.45, 7) is 5.26. The van der Waals surface area contributed by atoms with Crippen LogP contribution in [0.5, 0.6) is 0 Å². The van der Waals surface area contributed by atoms with Crippen LogP contribution in [0.2, 0.25) is 0 Å². The van der Waals surface area contributed by atoms with Crippen LogP contribution < -0.4 is 10.6 Å². The van der Waals surface area contributed by atoms with E-state index in [1.165, 1.54) is 6.07 Å². The van der Waals surface area contributed by atoms with Gasteiger partial charge in [-0.05, 0) is 30.2 Å². The predicted molar refractivity (Wildman–Crippen MR) is 67.2 cm³/mol. The minimum atomic E-state index is -0.376. The van der Waals surface area contributed by atoms with Crippen LogP contribution in [0.1, 0.15) is 19.4 Å². The molecule has 1 aromatic carbocycles. The number of nitrogens with two attached hydrogens (primary N) is 1. The zero-order valence-corrected chi connectivity index (χ0v) is 10.5. The molecular weight excluding hydrogens is 217 g/mol. The molecule has 0 saturated heterocycles. The Labute approximate surface area is 102 Å². The van der Waals surface area contributed by atoms with Crippen molar-refractivity contribution in [3.63, 3.8) is 0 Å². The van der Waals surface area contributed by atoms with E-state index in [1.807, 2.05) is 31.9 Å². The molecule has 17 heavy (non-hydrogen) atoms. The van der Waals surface area contributed by atoms with Crippen LogP contribution in [0.15, 0.2) is 18.2 Å². The molecule has 2 N–H and O–H groups in total. The Kier molecular flexibility index (Phi) is 4.08. The third kappa shape index (κ3) is 3.43. The van der Waals surface area contributed by atoms with Crippen LogP contribution in [0.3, 0.4) is 0 Å². The quantitative estimate of drug-likeness (QED) is 0.869. The lowest BCUT2D eigenvalue weighted by molar-refractivity contribution is 0.383. The highest BCUT2D eigenvalue weighted by molar-refractivity contribution is 5.50. The van der Waals surface area contributed by atoms with Gasteiger partial charge in [0, 0.05) is 13.6 Å². The van der Waals surface area contributed by atoms with Crippen molar-refractivity contribution < 1.29 is 4.39 Å². The normalized spacial score (nSPS) is 11.1. The van der Waals surface area contributed by atoms with Crippen LogP contribution in [-0.2, 0) is 0 Å². The van der Waals surface area contributed by atoms with Gasteiger partial charge in [-0.1, -0.05) is 13.8 Å². The zero-order chi connectivity index (χ0) is 13.1. The number of halogens is 1. The average molecular weight is 235 g/mol. The number of rotatable bonds is 4. The minimum Gasteiger partial charge on any atom is -0.372 e. The van der Waals surface area contributed by atoms with Crippen LogP contribution >= 0.6 is 0 Å². The molecule has 0 aliphatic carbocycles. The van der Waals surface area contributed by atoms with Gasteiger partial charge < -0.3 is 10.6 Å². The van der Waals surface area contributed by atoms with E-state index in [1.54, 1.807) is 12.1 Å². The Bertz CT molecular complexity index is 435. The molecule has 0 radical (unpaired) electrons. The van der Waals surface area contributed by atoms with E-state index >= 15 is 0 Å². The number of nitriles is 1. The molecular formula is C13H18FN3. The Morgan fingerprint density at radius 3 is 2.59 bits per heavy atom. The molecule has 1 aromatic rings.